The van der Waals surface area contributed by atoms with Gasteiger partial charge in [0.1, 0.15) is 5.54 Å². The molecular weight excluding hydrogens is 369 g/mol. The first-order valence-corrected chi connectivity index (χ1v) is 8.44. The van der Waals surface area contributed by atoms with E-state index in [0.29, 0.717) is 0 Å². The molecule has 0 aliphatic carbocycles. The molecule has 1 saturated heterocycles. The molecule has 1 atom stereocenters. The SMILES string of the molecule is Cc1nc(C(C)NC(=O)C2(n3cccn3)CCNCC2)cs1.Cl.Cl. The van der Waals surface area contributed by atoms with Gasteiger partial charge >= 0.3 is 0 Å². The van der Waals surface area contributed by atoms with Gasteiger partial charge in [0.05, 0.1) is 16.7 Å². The summed E-state index contributed by atoms with van der Waals surface area (Å²) < 4.78 is 1.81. The summed E-state index contributed by atoms with van der Waals surface area (Å²) in [5, 5.41) is 13.8. The second-order valence-corrected chi connectivity index (χ2v) is 6.78. The molecule has 24 heavy (non-hydrogen) atoms. The lowest BCUT2D eigenvalue weighted by Crippen LogP contribution is -2.55. The number of rotatable bonds is 4. The Labute approximate surface area is 158 Å². The fraction of sp³-hybridized carbons (Fsp3) is 0.533. The third kappa shape index (κ3) is 4.08. The van der Waals surface area contributed by atoms with Crippen molar-refractivity contribution in [2.45, 2.75) is 38.3 Å². The molecule has 0 saturated carbocycles. The zero-order valence-electron chi connectivity index (χ0n) is 13.7. The summed E-state index contributed by atoms with van der Waals surface area (Å²) in [5.41, 5.74) is 0.314. The van der Waals surface area contributed by atoms with Gasteiger partial charge in [0, 0.05) is 17.8 Å². The van der Waals surface area contributed by atoms with Gasteiger partial charge in [-0.1, -0.05) is 0 Å². The quantitative estimate of drug-likeness (QED) is 0.839. The van der Waals surface area contributed by atoms with Crippen molar-refractivity contribution in [1.82, 2.24) is 25.4 Å². The number of nitrogens with one attached hydrogen (secondary N) is 2. The lowest BCUT2D eigenvalue weighted by molar-refractivity contribution is -0.132. The number of aromatic nitrogens is 3. The van der Waals surface area contributed by atoms with Crippen LogP contribution in [0.25, 0.3) is 0 Å². The molecule has 1 aliphatic heterocycles. The highest BCUT2D eigenvalue weighted by Gasteiger charge is 2.42. The van der Waals surface area contributed by atoms with Gasteiger partial charge < -0.3 is 10.6 Å². The third-order valence-corrected chi connectivity index (χ3v) is 5.02. The molecule has 1 fully saturated rings. The van der Waals surface area contributed by atoms with E-state index >= 15 is 0 Å². The Morgan fingerprint density at radius 3 is 2.67 bits per heavy atom. The highest BCUT2D eigenvalue weighted by atomic mass is 35.5. The summed E-state index contributed by atoms with van der Waals surface area (Å²) >= 11 is 1.60. The zero-order valence-corrected chi connectivity index (χ0v) is 16.1. The molecule has 1 amide bonds. The average Bonchev–Trinajstić information content (AvgIpc) is 3.19. The Bertz CT molecular complexity index is 640. The van der Waals surface area contributed by atoms with E-state index in [-0.39, 0.29) is 36.8 Å². The number of carbonyl (C=O) groups excluding carboxylic acids is 1. The molecule has 2 aromatic rings. The Kier molecular flexibility index (Phi) is 7.66. The molecule has 0 spiro atoms. The van der Waals surface area contributed by atoms with Gasteiger partial charge in [-0.05, 0) is 45.8 Å². The monoisotopic (exact) mass is 391 g/mol. The molecule has 134 valence electrons. The fourth-order valence-electron chi connectivity index (χ4n) is 2.91. The maximum absolute atomic E-state index is 13.0. The van der Waals surface area contributed by atoms with Crippen molar-refractivity contribution < 1.29 is 4.79 Å². The largest absolute Gasteiger partial charge is 0.346 e. The van der Waals surface area contributed by atoms with Gasteiger partial charge in [0.15, 0.2) is 0 Å². The molecule has 1 unspecified atom stereocenters. The summed E-state index contributed by atoms with van der Waals surface area (Å²) in [6.07, 6.45) is 5.08. The molecule has 3 heterocycles. The minimum Gasteiger partial charge on any atom is -0.346 e. The van der Waals surface area contributed by atoms with E-state index in [1.165, 1.54) is 0 Å². The topological polar surface area (TPSA) is 71.8 Å². The highest BCUT2D eigenvalue weighted by molar-refractivity contribution is 7.09. The number of halogens is 2. The van der Waals surface area contributed by atoms with Crippen LogP contribution in [0, 0.1) is 6.92 Å². The smallest absolute Gasteiger partial charge is 0.248 e. The first-order chi connectivity index (χ1) is 10.6. The lowest BCUT2D eigenvalue weighted by atomic mass is 9.87. The van der Waals surface area contributed by atoms with Crippen LogP contribution in [0.15, 0.2) is 23.8 Å². The Balaban J connectivity index is 0.00000144. The van der Waals surface area contributed by atoms with Crippen LogP contribution in [0.2, 0.25) is 0 Å². The molecule has 0 aromatic carbocycles. The van der Waals surface area contributed by atoms with Crippen LogP contribution in [0.3, 0.4) is 0 Å². The first kappa shape index (κ1) is 20.9. The maximum atomic E-state index is 13.0. The Morgan fingerprint density at radius 1 is 1.42 bits per heavy atom. The van der Waals surface area contributed by atoms with Crippen LogP contribution in [0.5, 0.6) is 0 Å². The van der Waals surface area contributed by atoms with E-state index < -0.39 is 5.54 Å². The van der Waals surface area contributed by atoms with Crippen LogP contribution in [0.4, 0.5) is 0 Å². The maximum Gasteiger partial charge on any atom is 0.248 e. The molecule has 0 radical (unpaired) electrons. The van der Waals surface area contributed by atoms with Crippen LogP contribution in [-0.4, -0.2) is 33.8 Å². The number of hydrogen-bond acceptors (Lipinski definition) is 5. The number of hydrogen-bond donors (Lipinski definition) is 2. The summed E-state index contributed by atoms with van der Waals surface area (Å²) in [6.45, 7) is 5.58. The van der Waals surface area contributed by atoms with Gasteiger partial charge in [-0.3, -0.25) is 9.48 Å². The van der Waals surface area contributed by atoms with Gasteiger partial charge in [0.25, 0.3) is 0 Å². The van der Waals surface area contributed by atoms with Crippen molar-refractivity contribution >= 4 is 42.1 Å². The number of piperidine rings is 1. The molecule has 9 heteroatoms. The van der Waals surface area contributed by atoms with E-state index in [0.717, 1.165) is 36.6 Å². The third-order valence-electron chi connectivity index (χ3n) is 4.22. The number of thiazole rings is 1. The molecule has 6 nitrogen and oxygen atoms in total. The van der Waals surface area contributed by atoms with E-state index in [9.17, 15) is 4.79 Å². The number of amides is 1. The summed E-state index contributed by atoms with van der Waals surface area (Å²) in [7, 11) is 0. The van der Waals surface area contributed by atoms with Gasteiger partial charge in [-0.2, -0.15) is 5.10 Å². The summed E-state index contributed by atoms with van der Waals surface area (Å²) in [5.74, 6) is 0.0239. The number of aryl methyl sites for hydroxylation is 1. The summed E-state index contributed by atoms with van der Waals surface area (Å²) in [4.78, 5) is 17.4. The second-order valence-electron chi connectivity index (χ2n) is 5.72. The minimum absolute atomic E-state index is 0. The van der Waals surface area contributed by atoms with E-state index in [4.69, 9.17) is 0 Å². The van der Waals surface area contributed by atoms with Crippen molar-refractivity contribution in [3.8, 4) is 0 Å². The predicted octanol–water partition coefficient (Wildman–Crippen LogP) is 2.45. The van der Waals surface area contributed by atoms with Crippen molar-refractivity contribution in [3.63, 3.8) is 0 Å². The molecule has 2 N–H and O–H groups in total. The van der Waals surface area contributed by atoms with Crippen LogP contribution < -0.4 is 10.6 Å². The standard InChI is InChI=1S/C15H21N5OS.2ClH/c1-11(13-10-22-12(2)19-13)18-14(21)15(4-7-16-8-5-15)20-9-3-6-17-20;;/h3,6,9-11,16H,4-5,7-8H2,1-2H3,(H,18,21);2*1H. The molecule has 1 aliphatic rings. The normalized spacial score (nSPS) is 17.2. The molecule has 3 rings (SSSR count). The molecule has 0 bridgehead atoms. The molecule has 2 aromatic heterocycles. The molecular formula is C15H23Cl2N5OS. The van der Waals surface area contributed by atoms with Crippen molar-refractivity contribution in [2.24, 2.45) is 0 Å². The van der Waals surface area contributed by atoms with Gasteiger partial charge in [-0.15, -0.1) is 36.2 Å². The Hall–Kier alpha value is -1.15. The van der Waals surface area contributed by atoms with Crippen molar-refractivity contribution in [3.05, 3.63) is 34.5 Å². The van der Waals surface area contributed by atoms with Crippen LogP contribution in [0.1, 0.15) is 36.5 Å². The number of nitrogens with zero attached hydrogens (tertiary/aromatic N) is 3. The minimum atomic E-state index is -0.603. The Morgan fingerprint density at radius 2 is 2.12 bits per heavy atom. The van der Waals surface area contributed by atoms with Gasteiger partial charge in [-0.25, -0.2) is 4.98 Å². The van der Waals surface area contributed by atoms with E-state index in [1.807, 2.05) is 36.2 Å². The average molecular weight is 392 g/mol. The van der Waals surface area contributed by atoms with E-state index in [2.05, 4.69) is 20.7 Å². The predicted molar refractivity (Wildman–Crippen MR) is 100 cm³/mol. The van der Waals surface area contributed by atoms with Crippen LogP contribution >= 0.6 is 36.2 Å². The highest BCUT2D eigenvalue weighted by Crippen LogP contribution is 2.28. The van der Waals surface area contributed by atoms with Crippen molar-refractivity contribution in [1.29, 1.82) is 0 Å². The first-order valence-electron chi connectivity index (χ1n) is 7.56. The van der Waals surface area contributed by atoms with E-state index in [1.54, 1.807) is 17.5 Å². The second kappa shape index (κ2) is 8.80. The fourth-order valence-corrected chi connectivity index (χ4v) is 3.61. The summed E-state index contributed by atoms with van der Waals surface area (Å²) in [6, 6.07) is 1.77. The van der Waals surface area contributed by atoms with Crippen molar-refractivity contribution in [2.75, 3.05) is 13.1 Å². The number of carbonyl (C=O) groups is 1. The van der Waals surface area contributed by atoms with Gasteiger partial charge in [0.2, 0.25) is 5.91 Å². The zero-order chi connectivity index (χ0) is 15.6. The van der Waals surface area contributed by atoms with Crippen LogP contribution in [-0.2, 0) is 10.3 Å². The lowest BCUT2D eigenvalue weighted by Gasteiger charge is -2.37.